The first-order chi connectivity index (χ1) is 66.3. The lowest BCUT2D eigenvalue weighted by atomic mass is 10.0. The predicted molar refractivity (Wildman–Crippen MR) is 542 cm³/mol. The number of benzene rings is 13. The Bertz CT molecular complexity index is 6850. The van der Waals surface area contributed by atoms with E-state index in [-0.39, 0.29) is 62.9 Å². The molecule has 668 valence electrons. The first-order valence-electron chi connectivity index (χ1n) is 44.3. The fourth-order valence-corrected chi connectivity index (χ4v) is 14.2. The first kappa shape index (κ1) is 94.2. The Balaban J connectivity index is 0.000000144. The molecule has 17 aromatic rings. The third-order valence-corrected chi connectivity index (χ3v) is 21.5. The van der Waals surface area contributed by atoms with Crippen LogP contribution in [0, 0.1) is 0 Å². The smallest absolute Gasteiger partial charge is 0.230 e. The summed E-state index contributed by atoms with van der Waals surface area (Å²) in [5.41, 5.74) is 20.2. The number of rotatable bonds is 31. The van der Waals surface area contributed by atoms with E-state index in [4.69, 9.17) is 19.9 Å². The number of amides is 4. The zero-order valence-electron chi connectivity index (χ0n) is 74.2. The summed E-state index contributed by atoms with van der Waals surface area (Å²) in [5.74, 6) is 1.18. The van der Waals surface area contributed by atoms with Gasteiger partial charge in [0.1, 0.15) is 22.8 Å². The Morgan fingerprint density at radius 3 is 0.815 bits per heavy atom. The van der Waals surface area contributed by atoms with Gasteiger partial charge < -0.3 is 41.7 Å². The molecule has 4 aromatic heterocycles. The van der Waals surface area contributed by atoms with Crippen LogP contribution in [0.4, 0.5) is 23.3 Å². The Kier molecular flexibility index (Phi) is 34.7. The normalized spacial score (nSPS) is 11.0. The second-order valence-electron chi connectivity index (χ2n) is 31.4. The molecule has 20 nitrogen and oxygen atoms in total. The maximum absolute atomic E-state index is 12.9. The second kappa shape index (κ2) is 49.8. The van der Waals surface area contributed by atoms with Gasteiger partial charge in [0.05, 0.1) is 86.8 Å². The summed E-state index contributed by atoms with van der Waals surface area (Å²) in [4.78, 5) is 87.9. The van der Waals surface area contributed by atoms with Crippen LogP contribution in [0.25, 0.3) is 104 Å². The van der Waals surface area contributed by atoms with Crippen LogP contribution >= 0.6 is 0 Å². The molecule has 13 aromatic carbocycles. The number of nitrogens with zero attached hydrogens (tertiary/aromatic N) is 8. The molecule has 0 spiro atoms. The molecule has 8 N–H and O–H groups in total. The number of hydrogen-bond donors (Lipinski definition) is 8. The van der Waals surface area contributed by atoms with E-state index in [2.05, 4.69) is 59.4 Å². The van der Waals surface area contributed by atoms with Gasteiger partial charge in [-0.05, 0) is 121 Å². The number of carbonyl (C=O) groups is 4. The van der Waals surface area contributed by atoms with E-state index in [1.807, 2.05) is 382 Å². The number of carbonyl (C=O) groups excluding carboxylic acids is 4. The van der Waals surface area contributed by atoms with Crippen molar-refractivity contribution < 1.29 is 39.6 Å². The molecule has 0 saturated heterocycles. The molecule has 0 saturated carbocycles. The van der Waals surface area contributed by atoms with Crippen LogP contribution in [0.2, 0.25) is 0 Å². The van der Waals surface area contributed by atoms with Crippen LogP contribution in [0.1, 0.15) is 109 Å². The topological polar surface area (TPSA) is 300 Å². The van der Waals surface area contributed by atoms with Crippen molar-refractivity contribution >= 4 is 106 Å². The van der Waals surface area contributed by atoms with E-state index in [1.54, 1.807) is 24.8 Å². The Hall–Kier alpha value is -16.9. The Labute approximate surface area is 784 Å². The molecule has 0 unspecified atom stereocenters. The maximum atomic E-state index is 12.9. The van der Waals surface area contributed by atoms with Crippen LogP contribution in [0.15, 0.2) is 377 Å². The van der Waals surface area contributed by atoms with Crippen molar-refractivity contribution in [2.24, 2.45) is 0 Å². The van der Waals surface area contributed by atoms with E-state index in [1.165, 1.54) is 5.56 Å². The lowest BCUT2D eigenvalue weighted by Crippen LogP contribution is -2.16. The van der Waals surface area contributed by atoms with Gasteiger partial charge in [-0.15, -0.1) is 0 Å². The largest absolute Gasteiger partial charge is 0.392 e. The van der Waals surface area contributed by atoms with E-state index in [0.29, 0.717) is 88.1 Å². The molecule has 4 heterocycles. The van der Waals surface area contributed by atoms with Crippen LogP contribution in [0.3, 0.4) is 0 Å². The van der Waals surface area contributed by atoms with Crippen molar-refractivity contribution in [3.05, 3.63) is 466 Å². The van der Waals surface area contributed by atoms with Crippen molar-refractivity contribution in [2.75, 3.05) is 21.3 Å². The highest BCUT2D eigenvalue weighted by Gasteiger charge is 2.18. The molecule has 17 rings (SSSR count). The summed E-state index contributed by atoms with van der Waals surface area (Å²) >= 11 is 0. The van der Waals surface area contributed by atoms with E-state index in [9.17, 15) is 39.6 Å². The fraction of sp³-hybridized carbons (Fsp3) is 0.0957. The maximum Gasteiger partial charge on any atom is 0.230 e. The summed E-state index contributed by atoms with van der Waals surface area (Å²) in [5, 5.41) is 51.1. The van der Waals surface area contributed by atoms with E-state index < -0.39 is 0 Å². The van der Waals surface area contributed by atoms with Gasteiger partial charge >= 0.3 is 0 Å². The number of aromatic nitrogens is 8. The minimum absolute atomic E-state index is 0.00767. The molecule has 20 heteroatoms. The van der Waals surface area contributed by atoms with Crippen molar-refractivity contribution in [1.29, 1.82) is 0 Å². The van der Waals surface area contributed by atoms with Crippen molar-refractivity contribution in [3.63, 3.8) is 0 Å². The molecule has 4 amide bonds. The zero-order chi connectivity index (χ0) is 93.4. The lowest BCUT2D eigenvalue weighted by molar-refractivity contribution is -0.117. The average molecular weight is 1780 g/mol. The standard InChI is InChI=1S/C31H25N3O2.C29H27N3O2.C28H25N3O2.C27H23N3O2/c35-21-23-10-15-26(16-11-23)29-20-32-31(28(33-29)17-13-22-6-2-1-3-7-22)34-30(36)19-24-12-14-25-8-4-5-9-27(25)18-24;33-21-24-14-17-25(18-15-24)27-20-30-29(26(31-27)19-16-23-10-5-2-6-11-23)32-28(34)13-7-12-22-8-3-1-4-9-22;32-20-23-11-15-24(16-12-23)26-19-29-28(25(30-26)17-13-21-7-3-1-4-8-21)31-27(33)18-14-22-9-5-2-6-10-22;31-19-22-11-14-23(15-12-22)25-18-28-27(30-26(32)17-21-9-5-2-6-10-21)24(29-25)16-13-20-7-3-1-4-8-20/h1-18,20,35H,19,21H2,(H,32,34,36);1-6,8-11,14-20,33H,7,12-13,21H2,(H,30,32,34);1-13,15-17,19,32H,14,18,20H2,(H,29,31,33);1-16,18,31H,17,19H2,(H,28,30,32)/b17-13+;19-16+;17-13+;16-13+. The summed E-state index contributed by atoms with van der Waals surface area (Å²) < 4.78 is 0. The monoisotopic (exact) mass is 1780 g/mol. The van der Waals surface area contributed by atoms with Crippen molar-refractivity contribution in [1.82, 2.24) is 39.9 Å². The number of aliphatic hydroxyl groups is 4. The van der Waals surface area contributed by atoms with Crippen molar-refractivity contribution in [3.8, 4) is 45.0 Å². The molecule has 0 fully saturated rings. The second-order valence-corrected chi connectivity index (χ2v) is 31.4. The molecule has 0 aliphatic carbocycles. The molecule has 135 heavy (non-hydrogen) atoms. The van der Waals surface area contributed by atoms with Crippen LogP contribution in [-0.2, 0) is 71.3 Å². The molecule has 0 radical (unpaired) electrons. The van der Waals surface area contributed by atoms with Gasteiger partial charge in [-0.3, -0.25) is 19.2 Å². The fourth-order valence-electron chi connectivity index (χ4n) is 14.2. The third-order valence-electron chi connectivity index (χ3n) is 21.5. The third kappa shape index (κ3) is 29.3. The summed E-state index contributed by atoms with van der Waals surface area (Å²) in [6.45, 7) is -0.0418. The minimum atomic E-state index is -0.158. The molecule has 0 aliphatic rings. The van der Waals surface area contributed by atoms with Gasteiger partial charge in [0, 0.05) is 35.1 Å². The van der Waals surface area contributed by atoms with Gasteiger partial charge in [-0.1, -0.05) is 376 Å². The van der Waals surface area contributed by atoms with Gasteiger partial charge in [0.25, 0.3) is 0 Å². The average Bonchev–Trinajstić information content (AvgIpc) is 0.834. The van der Waals surface area contributed by atoms with E-state index in [0.717, 1.165) is 107 Å². The van der Waals surface area contributed by atoms with Crippen LogP contribution in [-0.4, -0.2) is 83.9 Å². The highest BCUT2D eigenvalue weighted by Crippen LogP contribution is 2.30. The molecule has 0 bridgehead atoms. The quantitative estimate of drug-likeness (QED) is 0.0200. The number of hydrogen-bond acceptors (Lipinski definition) is 16. The minimum Gasteiger partial charge on any atom is -0.392 e. The number of aryl methyl sites for hydroxylation is 2. The zero-order valence-corrected chi connectivity index (χ0v) is 74.2. The number of aliphatic hydroxyl groups excluding tert-OH is 4. The lowest BCUT2D eigenvalue weighted by Gasteiger charge is -2.10. The molecule has 0 aliphatic heterocycles. The van der Waals surface area contributed by atoms with Crippen LogP contribution in [0.5, 0.6) is 0 Å². The van der Waals surface area contributed by atoms with Gasteiger partial charge in [0.15, 0.2) is 23.3 Å². The highest BCUT2D eigenvalue weighted by atomic mass is 16.3. The first-order valence-corrected chi connectivity index (χ1v) is 44.3. The van der Waals surface area contributed by atoms with Crippen LogP contribution < -0.4 is 21.3 Å². The van der Waals surface area contributed by atoms with Gasteiger partial charge in [-0.25, -0.2) is 39.9 Å². The molecule has 0 atom stereocenters. The number of nitrogens with one attached hydrogen (secondary N) is 4. The summed E-state index contributed by atoms with van der Waals surface area (Å²) in [7, 11) is 0. The van der Waals surface area contributed by atoms with Gasteiger partial charge in [-0.2, -0.15) is 0 Å². The van der Waals surface area contributed by atoms with E-state index >= 15 is 0 Å². The Morgan fingerprint density at radius 1 is 0.237 bits per heavy atom. The molecular weight excluding hydrogens is 1680 g/mol. The number of anilines is 4. The summed E-state index contributed by atoms with van der Waals surface area (Å²) in [6, 6.07) is 113. The number of fused-ring (bicyclic) bond motifs is 1. The molecular formula is C115H100N12O8. The highest BCUT2D eigenvalue weighted by molar-refractivity contribution is 5.97. The van der Waals surface area contributed by atoms with Crippen molar-refractivity contribution in [2.45, 2.75) is 71.4 Å². The Morgan fingerprint density at radius 2 is 0.496 bits per heavy atom. The SMILES string of the molecule is O=C(CCCc1ccccc1)Nc1ncc(-c2ccc(CO)cc2)nc1/C=C/c1ccccc1.O=C(CCc1ccccc1)Nc1ncc(-c2ccc(CO)cc2)nc1/C=C/c1ccccc1.O=C(Cc1ccc2ccccc2c1)Nc1ncc(-c2ccc(CO)cc2)nc1/C=C/c1ccccc1.O=C(Cc1ccccc1)Nc1ncc(-c2ccc(CO)cc2)nc1/C=C/c1ccccc1. The predicted octanol–water partition coefficient (Wildman–Crippen LogP) is 22.3. The summed E-state index contributed by atoms with van der Waals surface area (Å²) in [6.07, 6.45) is 25.4. The van der Waals surface area contributed by atoms with Gasteiger partial charge in [0.2, 0.25) is 23.6 Å².